The molecule has 2 aliphatic carbocycles. The van der Waals surface area contributed by atoms with Gasteiger partial charge in [-0.25, -0.2) is 0 Å². The molecule has 0 spiro atoms. The number of hydrogen-bond acceptors (Lipinski definition) is 0. The molecule has 0 aromatic heterocycles. The van der Waals surface area contributed by atoms with Crippen LogP contribution in [-0.2, 0) is 26.2 Å². The summed E-state index contributed by atoms with van der Waals surface area (Å²) in [6.07, 6.45) is 16.5. The van der Waals surface area contributed by atoms with E-state index in [1.807, 2.05) is 0 Å². The maximum absolute atomic E-state index is 2.71. The van der Waals surface area contributed by atoms with Gasteiger partial charge in [-0.15, -0.1) is 0 Å². The fourth-order valence-electron chi connectivity index (χ4n) is 4.42. The standard InChI is InChI=1S/C15H30Si.C4H10.4CH3.Zr/c1-4-7-13-10-11-15(12-13)16(2,3)14-8-5-6-9-14;1-3-4-2;;;;;/h13-15H,4-12H2,1-3H3;3-4H2,1-2H3;4*1H3;/q;;4*-1;+4. The summed E-state index contributed by atoms with van der Waals surface area (Å²) in [4.78, 5) is 0. The summed E-state index contributed by atoms with van der Waals surface area (Å²) in [6, 6.07) is 0. The SMILES string of the molecule is CCCC.CCCC1CCC([Si](C)(C)C2CCCC2)C1.[CH3-].[CH3-].[CH3-].[CH3-].[Zr+4]. The molecule has 2 rings (SSSR count). The van der Waals surface area contributed by atoms with E-state index in [2.05, 4.69) is 33.9 Å². The first kappa shape index (κ1) is 36.9. The number of hydrogen-bond donors (Lipinski definition) is 0. The van der Waals surface area contributed by atoms with Crippen molar-refractivity contribution in [1.82, 2.24) is 0 Å². The zero-order valence-corrected chi connectivity index (χ0v) is 23.0. The van der Waals surface area contributed by atoms with Crippen molar-refractivity contribution >= 4 is 8.07 Å². The van der Waals surface area contributed by atoms with E-state index in [9.17, 15) is 0 Å². The van der Waals surface area contributed by atoms with Crippen LogP contribution in [0.5, 0.6) is 0 Å². The summed E-state index contributed by atoms with van der Waals surface area (Å²) in [6.45, 7) is 12.1. The van der Waals surface area contributed by atoms with Crippen molar-refractivity contribution < 1.29 is 26.2 Å². The zero-order chi connectivity index (χ0) is 15.0. The molecule has 25 heavy (non-hydrogen) atoms. The van der Waals surface area contributed by atoms with Gasteiger partial charge in [0.25, 0.3) is 0 Å². The molecular formula is C23H52SiZr. The van der Waals surface area contributed by atoms with Crippen molar-refractivity contribution in [2.45, 2.75) is 116 Å². The second-order valence-electron chi connectivity index (χ2n) is 7.97. The molecule has 2 aliphatic rings. The molecule has 0 saturated heterocycles. The molecule has 0 aliphatic heterocycles. The van der Waals surface area contributed by atoms with E-state index in [0.717, 1.165) is 5.92 Å². The van der Waals surface area contributed by atoms with Crippen LogP contribution in [-0.4, -0.2) is 8.07 Å². The third-order valence-electron chi connectivity index (χ3n) is 6.20. The van der Waals surface area contributed by atoms with Crippen LogP contribution in [0.3, 0.4) is 0 Å². The fourth-order valence-corrected chi connectivity index (χ4v) is 8.84. The fraction of sp³-hybridized carbons (Fsp3) is 0.826. The maximum Gasteiger partial charge on any atom is 4.00 e. The Morgan fingerprint density at radius 2 is 1.16 bits per heavy atom. The molecule has 0 nitrogen and oxygen atoms in total. The zero-order valence-electron chi connectivity index (χ0n) is 19.5. The van der Waals surface area contributed by atoms with E-state index in [0.29, 0.717) is 0 Å². The summed E-state index contributed by atoms with van der Waals surface area (Å²) in [5.41, 5.74) is 2.35. The Balaban J connectivity index is -0.000000135. The summed E-state index contributed by atoms with van der Waals surface area (Å²) >= 11 is 0. The second kappa shape index (κ2) is 19.9. The first-order valence-corrected chi connectivity index (χ1v) is 12.7. The van der Waals surface area contributed by atoms with Crippen LogP contribution in [0.1, 0.15) is 91.4 Å². The minimum absolute atomic E-state index is 0. The predicted molar refractivity (Wildman–Crippen MR) is 122 cm³/mol. The Labute approximate surface area is 184 Å². The minimum Gasteiger partial charge on any atom is -0.358 e. The average molecular weight is 448 g/mol. The molecule has 0 radical (unpaired) electrons. The van der Waals surface area contributed by atoms with Gasteiger partial charge < -0.3 is 29.7 Å². The molecule has 2 heteroatoms. The van der Waals surface area contributed by atoms with Gasteiger partial charge in [0.1, 0.15) is 0 Å². The molecule has 0 N–H and O–H groups in total. The number of unbranched alkanes of at least 4 members (excludes halogenated alkanes) is 1. The Kier molecular flexibility index (Phi) is 29.3. The van der Waals surface area contributed by atoms with Gasteiger partial charge in [0.05, 0.1) is 8.07 Å². The van der Waals surface area contributed by atoms with Gasteiger partial charge in [-0.3, -0.25) is 0 Å². The summed E-state index contributed by atoms with van der Waals surface area (Å²) in [5, 5.41) is 0. The van der Waals surface area contributed by atoms with Crippen molar-refractivity contribution in [3.05, 3.63) is 29.7 Å². The van der Waals surface area contributed by atoms with E-state index in [-0.39, 0.29) is 55.9 Å². The van der Waals surface area contributed by atoms with Crippen LogP contribution < -0.4 is 0 Å². The van der Waals surface area contributed by atoms with Crippen LogP contribution in [0.4, 0.5) is 0 Å². The van der Waals surface area contributed by atoms with Crippen molar-refractivity contribution in [2.75, 3.05) is 0 Å². The molecule has 0 bridgehead atoms. The van der Waals surface area contributed by atoms with Gasteiger partial charge in [-0.05, 0) is 23.4 Å². The smallest absolute Gasteiger partial charge is 0.358 e. The molecule has 2 fully saturated rings. The molecule has 152 valence electrons. The monoisotopic (exact) mass is 446 g/mol. The van der Waals surface area contributed by atoms with Gasteiger partial charge >= 0.3 is 26.2 Å². The Morgan fingerprint density at radius 1 is 0.680 bits per heavy atom. The third-order valence-corrected chi connectivity index (χ3v) is 11.5. The summed E-state index contributed by atoms with van der Waals surface area (Å²) in [7, 11) is -0.908. The first-order chi connectivity index (χ1) is 9.56. The average Bonchev–Trinajstić information content (AvgIpc) is 3.11. The van der Waals surface area contributed by atoms with Crippen molar-refractivity contribution in [1.29, 1.82) is 0 Å². The van der Waals surface area contributed by atoms with Gasteiger partial charge in [-0.2, -0.15) is 0 Å². The topological polar surface area (TPSA) is 0 Å². The van der Waals surface area contributed by atoms with E-state index in [4.69, 9.17) is 0 Å². The maximum atomic E-state index is 2.71. The summed E-state index contributed by atoms with van der Waals surface area (Å²) in [5.74, 6) is 1.10. The Bertz CT molecular complexity index is 244. The van der Waals surface area contributed by atoms with Gasteiger partial charge in [0.2, 0.25) is 0 Å². The van der Waals surface area contributed by atoms with Crippen molar-refractivity contribution in [3.8, 4) is 0 Å². The normalized spacial score (nSPS) is 22.0. The second-order valence-corrected chi connectivity index (χ2v) is 13.2. The van der Waals surface area contributed by atoms with E-state index in [1.54, 1.807) is 32.1 Å². The molecule has 2 unspecified atom stereocenters. The molecule has 2 atom stereocenters. The minimum atomic E-state index is -0.908. The van der Waals surface area contributed by atoms with Gasteiger partial charge in [-0.1, -0.05) is 98.1 Å². The van der Waals surface area contributed by atoms with E-state index < -0.39 is 8.07 Å². The van der Waals surface area contributed by atoms with E-state index in [1.165, 1.54) is 49.6 Å². The molecule has 0 amide bonds. The Morgan fingerprint density at radius 3 is 1.56 bits per heavy atom. The van der Waals surface area contributed by atoms with Crippen LogP contribution in [0, 0.1) is 35.6 Å². The van der Waals surface area contributed by atoms with Crippen LogP contribution in [0.2, 0.25) is 24.2 Å². The van der Waals surface area contributed by atoms with Crippen LogP contribution in [0.15, 0.2) is 0 Å². The molecule has 2 saturated carbocycles. The van der Waals surface area contributed by atoms with Crippen LogP contribution in [0.25, 0.3) is 0 Å². The third kappa shape index (κ3) is 12.2. The predicted octanol–water partition coefficient (Wildman–Crippen LogP) is 9.21. The largest absolute Gasteiger partial charge is 4.00 e. The van der Waals surface area contributed by atoms with Gasteiger partial charge in [0, 0.05) is 0 Å². The summed E-state index contributed by atoms with van der Waals surface area (Å²) < 4.78 is 0. The molecule has 0 heterocycles. The first-order valence-electron chi connectivity index (χ1n) is 9.56. The van der Waals surface area contributed by atoms with Crippen molar-refractivity contribution in [2.24, 2.45) is 5.92 Å². The quantitative estimate of drug-likeness (QED) is 0.291. The van der Waals surface area contributed by atoms with Crippen LogP contribution >= 0.6 is 0 Å². The molecular weight excluding hydrogens is 396 g/mol. The molecule has 0 aromatic carbocycles. The Hall–Kier alpha value is 1.10. The van der Waals surface area contributed by atoms with Crippen molar-refractivity contribution in [3.63, 3.8) is 0 Å². The van der Waals surface area contributed by atoms with Gasteiger partial charge in [0.15, 0.2) is 0 Å². The molecule has 0 aromatic rings. The number of rotatable bonds is 5. The van der Waals surface area contributed by atoms with E-state index >= 15 is 0 Å².